The quantitative estimate of drug-likeness (QED) is 0.525. The molecule has 1 nitrogen and oxygen atoms in total. The molecule has 3 heterocycles. The first kappa shape index (κ1) is 8.35. The molecule has 3 rings (SSSR count). The molecule has 0 aromatic carbocycles. The van der Waals surface area contributed by atoms with Crippen molar-refractivity contribution in [3.8, 4) is 0 Å². The SMILES string of the molecule is CC1CC2CCN1CC2.Cl. The van der Waals surface area contributed by atoms with Crippen LogP contribution in [0.25, 0.3) is 0 Å². The van der Waals surface area contributed by atoms with E-state index in [9.17, 15) is 0 Å². The minimum Gasteiger partial charge on any atom is -0.301 e. The van der Waals surface area contributed by atoms with Crippen LogP contribution >= 0.6 is 12.4 Å². The van der Waals surface area contributed by atoms with E-state index in [4.69, 9.17) is 0 Å². The smallest absolute Gasteiger partial charge is 0.00695 e. The molecule has 1 atom stereocenters. The summed E-state index contributed by atoms with van der Waals surface area (Å²) in [6, 6.07) is 0.900. The third-order valence-electron chi connectivity index (χ3n) is 2.95. The van der Waals surface area contributed by atoms with Crippen molar-refractivity contribution in [1.29, 1.82) is 0 Å². The van der Waals surface area contributed by atoms with Crippen LogP contribution < -0.4 is 0 Å². The van der Waals surface area contributed by atoms with E-state index >= 15 is 0 Å². The van der Waals surface area contributed by atoms with E-state index in [1.54, 1.807) is 0 Å². The molecule has 3 fully saturated rings. The van der Waals surface area contributed by atoms with Crippen LogP contribution in [0.5, 0.6) is 0 Å². The van der Waals surface area contributed by atoms with Crippen molar-refractivity contribution in [2.45, 2.75) is 32.2 Å². The van der Waals surface area contributed by atoms with Crippen LogP contribution in [0.2, 0.25) is 0 Å². The Morgan fingerprint density at radius 2 is 1.80 bits per heavy atom. The van der Waals surface area contributed by atoms with Crippen molar-refractivity contribution in [3.05, 3.63) is 0 Å². The molecule has 3 saturated heterocycles. The molecule has 0 N–H and O–H groups in total. The Labute approximate surface area is 69.2 Å². The van der Waals surface area contributed by atoms with Gasteiger partial charge in [-0.1, -0.05) is 0 Å². The summed E-state index contributed by atoms with van der Waals surface area (Å²) in [5.74, 6) is 1.09. The lowest BCUT2D eigenvalue weighted by Gasteiger charge is -2.43. The summed E-state index contributed by atoms with van der Waals surface area (Å²) in [6.07, 6.45) is 4.43. The van der Waals surface area contributed by atoms with Gasteiger partial charge in [-0.25, -0.2) is 0 Å². The van der Waals surface area contributed by atoms with Crippen LogP contribution in [0.3, 0.4) is 0 Å². The minimum absolute atomic E-state index is 0. The molecule has 2 bridgehead atoms. The second-order valence-electron chi connectivity index (χ2n) is 3.56. The Morgan fingerprint density at radius 3 is 2.00 bits per heavy atom. The maximum absolute atomic E-state index is 2.62. The number of hydrogen-bond acceptors (Lipinski definition) is 1. The Hall–Kier alpha value is 0.250. The second kappa shape index (κ2) is 3.10. The van der Waals surface area contributed by atoms with Crippen LogP contribution in [0.15, 0.2) is 0 Å². The number of nitrogens with zero attached hydrogens (tertiary/aromatic N) is 1. The van der Waals surface area contributed by atoms with Gasteiger partial charge in [0.15, 0.2) is 0 Å². The van der Waals surface area contributed by atoms with Crippen molar-refractivity contribution in [2.24, 2.45) is 5.92 Å². The fourth-order valence-electron chi connectivity index (χ4n) is 2.26. The Kier molecular flexibility index (Phi) is 2.59. The number of piperidine rings is 3. The van der Waals surface area contributed by atoms with E-state index in [1.807, 2.05) is 0 Å². The lowest BCUT2D eigenvalue weighted by molar-refractivity contribution is 0.0594. The van der Waals surface area contributed by atoms with Gasteiger partial charge in [-0.15, -0.1) is 12.4 Å². The Bertz CT molecular complexity index is 108. The molecule has 0 aromatic rings. The maximum atomic E-state index is 2.62. The molecule has 1 unspecified atom stereocenters. The lowest BCUT2D eigenvalue weighted by atomic mass is 9.84. The van der Waals surface area contributed by atoms with E-state index in [-0.39, 0.29) is 12.4 Å². The number of hydrogen-bond donors (Lipinski definition) is 0. The van der Waals surface area contributed by atoms with Gasteiger partial charge in [0, 0.05) is 6.04 Å². The van der Waals surface area contributed by atoms with Gasteiger partial charge < -0.3 is 4.90 Å². The summed E-state index contributed by atoms with van der Waals surface area (Å²) in [7, 11) is 0. The molecule has 0 radical (unpaired) electrons. The van der Waals surface area contributed by atoms with Crippen LogP contribution in [-0.4, -0.2) is 24.0 Å². The van der Waals surface area contributed by atoms with Crippen molar-refractivity contribution < 1.29 is 0 Å². The largest absolute Gasteiger partial charge is 0.301 e. The third-order valence-corrected chi connectivity index (χ3v) is 2.95. The summed E-state index contributed by atoms with van der Waals surface area (Å²) in [6.45, 7) is 5.13. The molecular weight excluding hydrogens is 146 g/mol. The summed E-state index contributed by atoms with van der Waals surface area (Å²) >= 11 is 0. The highest BCUT2D eigenvalue weighted by molar-refractivity contribution is 5.85. The number of rotatable bonds is 0. The number of fused-ring (bicyclic) bond motifs is 3. The Morgan fingerprint density at radius 1 is 1.20 bits per heavy atom. The lowest BCUT2D eigenvalue weighted by Crippen LogP contribution is -2.46. The normalized spacial score (nSPS) is 44.7. The van der Waals surface area contributed by atoms with E-state index < -0.39 is 0 Å². The van der Waals surface area contributed by atoms with Gasteiger partial charge >= 0.3 is 0 Å². The van der Waals surface area contributed by atoms with Crippen molar-refractivity contribution in [3.63, 3.8) is 0 Å². The van der Waals surface area contributed by atoms with Gasteiger partial charge in [-0.3, -0.25) is 0 Å². The molecule has 0 amide bonds. The standard InChI is InChI=1S/C8H15N.ClH/c1-7-6-8-2-4-9(7)5-3-8;/h7-8H,2-6H2,1H3;1H. The Balaban J connectivity index is 0.000000500. The molecule has 3 aliphatic heterocycles. The second-order valence-corrected chi connectivity index (χ2v) is 3.56. The van der Waals surface area contributed by atoms with Crippen molar-refractivity contribution >= 4 is 12.4 Å². The summed E-state index contributed by atoms with van der Waals surface area (Å²) < 4.78 is 0. The van der Waals surface area contributed by atoms with Crippen LogP contribution in [0, 0.1) is 5.92 Å². The molecule has 3 aliphatic rings. The average molecular weight is 162 g/mol. The van der Waals surface area contributed by atoms with E-state index in [2.05, 4.69) is 11.8 Å². The van der Waals surface area contributed by atoms with Crippen LogP contribution in [0.4, 0.5) is 0 Å². The molecule has 0 aromatic heterocycles. The monoisotopic (exact) mass is 161 g/mol. The highest BCUT2D eigenvalue weighted by Gasteiger charge is 2.30. The zero-order valence-electron chi connectivity index (χ0n) is 6.55. The topological polar surface area (TPSA) is 3.24 Å². The molecule has 0 spiro atoms. The fourth-order valence-corrected chi connectivity index (χ4v) is 2.26. The maximum Gasteiger partial charge on any atom is 0.00695 e. The molecular formula is C8H16ClN. The van der Waals surface area contributed by atoms with Crippen molar-refractivity contribution in [1.82, 2.24) is 4.90 Å². The summed E-state index contributed by atoms with van der Waals surface area (Å²) in [5, 5.41) is 0. The van der Waals surface area contributed by atoms with Gasteiger partial charge in [-0.2, -0.15) is 0 Å². The van der Waals surface area contributed by atoms with Gasteiger partial charge in [0.1, 0.15) is 0 Å². The molecule has 2 heteroatoms. The minimum atomic E-state index is 0. The third kappa shape index (κ3) is 1.30. The summed E-state index contributed by atoms with van der Waals surface area (Å²) in [4.78, 5) is 2.62. The van der Waals surface area contributed by atoms with Gasteiger partial charge in [-0.05, 0) is 45.2 Å². The highest BCUT2D eigenvalue weighted by Crippen LogP contribution is 2.30. The predicted octanol–water partition coefficient (Wildman–Crippen LogP) is 1.91. The zero-order valence-corrected chi connectivity index (χ0v) is 7.36. The highest BCUT2D eigenvalue weighted by atomic mass is 35.5. The predicted molar refractivity (Wildman–Crippen MR) is 45.6 cm³/mol. The van der Waals surface area contributed by atoms with Gasteiger partial charge in [0.2, 0.25) is 0 Å². The first-order valence-electron chi connectivity index (χ1n) is 4.10. The molecule has 0 saturated carbocycles. The van der Waals surface area contributed by atoms with Crippen molar-refractivity contribution in [2.75, 3.05) is 13.1 Å². The number of halogens is 1. The summed E-state index contributed by atoms with van der Waals surface area (Å²) in [5.41, 5.74) is 0. The first-order valence-corrected chi connectivity index (χ1v) is 4.10. The van der Waals surface area contributed by atoms with Gasteiger partial charge in [0.05, 0.1) is 0 Å². The van der Waals surface area contributed by atoms with Crippen LogP contribution in [-0.2, 0) is 0 Å². The molecule has 10 heavy (non-hydrogen) atoms. The van der Waals surface area contributed by atoms with E-state index in [0.717, 1.165) is 12.0 Å². The van der Waals surface area contributed by atoms with Gasteiger partial charge in [0.25, 0.3) is 0 Å². The molecule has 60 valence electrons. The average Bonchev–Trinajstić information content (AvgIpc) is 1.90. The zero-order chi connectivity index (χ0) is 6.27. The van der Waals surface area contributed by atoms with Crippen LogP contribution in [0.1, 0.15) is 26.2 Å². The van der Waals surface area contributed by atoms with E-state index in [1.165, 1.54) is 32.4 Å². The van der Waals surface area contributed by atoms with E-state index in [0.29, 0.717) is 0 Å². The fraction of sp³-hybridized carbons (Fsp3) is 1.00. The first-order chi connectivity index (χ1) is 4.36. The molecule has 0 aliphatic carbocycles.